The molecule has 0 radical (unpaired) electrons. The van der Waals surface area contributed by atoms with Gasteiger partial charge in [-0.1, -0.05) is 23.5 Å². The zero-order valence-corrected chi connectivity index (χ0v) is 11.2. The van der Waals surface area contributed by atoms with Crippen LogP contribution in [-0.4, -0.2) is 13.4 Å². The molecule has 19 heavy (non-hydrogen) atoms. The lowest BCUT2D eigenvalue weighted by atomic mass is 10.2. The zero-order chi connectivity index (χ0) is 13.9. The molecule has 8 heteroatoms. The number of nitrogens with zero attached hydrogens (tertiary/aromatic N) is 1. The fourth-order valence-corrected chi connectivity index (χ4v) is 3.19. The molecule has 0 bridgehead atoms. The number of nitriles is 1. The number of nitrogens with one attached hydrogen (secondary N) is 2. The fourth-order valence-electron chi connectivity index (χ4n) is 1.44. The molecule has 0 spiro atoms. The lowest BCUT2D eigenvalue weighted by molar-refractivity contribution is 0.580. The van der Waals surface area contributed by atoms with E-state index < -0.39 is 10.0 Å². The number of sulfonamides is 1. The molecule has 1 heterocycles. The van der Waals surface area contributed by atoms with Crippen molar-refractivity contribution in [3.05, 3.63) is 50.6 Å². The van der Waals surface area contributed by atoms with Gasteiger partial charge in [-0.3, -0.25) is 4.79 Å². The summed E-state index contributed by atoms with van der Waals surface area (Å²) in [5.41, 5.74) is 0.557. The molecule has 98 valence electrons. The largest absolute Gasteiger partial charge is 0.315 e. The third-order valence-corrected chi connectivity index (χ3v) is 4.50. The van der Waals surface area contributed by atoms with Gasteiger partial charge in [-0.05, 0) is 12.1 Å². The Bertz CT molecular complexity index is 784. The third kappa shape index (κ3) is 3.08. The van der Waals surface area contributed by atoms with Gasteiger partial charge in [0, 0.05) is 11.1 Å². The minimum Gasteiger partial charge on any atom is -0.315 e. The highest BCUT2D eigenvalue weighted by atomic mass is 32.2. The number of benzene rings is 1. The van der Waals surface area contributed by atoms with Gasteiger partial charge < -0.3 is 4.98 Å². The van der Waals surface area contributed by atoms with E-state index in [9.17, 15) is 13.2 Å². The molecular formula is C11H9N3O3S2. The molecule has 0 unspecified atom stereocenters. The lowest BCUT2D eigenvalue weighted by Gasteiger charge is -2.06. The molecule has 0 saturated heterocycles. The van der Waals surface area contributed by atoms with Gasteiger partial charge in [0.15, 0.2) is 0 Å². The summed E-state index contributed by atoms with van der Waals surface area (Å²) in [5, 5.41) is 10.4. The van der Waals surface area contributed by atoms with Crippen LogP contribution in [0.1, 0.15) is 11.3 Å². The van der Waals surface area contributed by atoms with Crippen molar-refractivity contribution in [3.63, 3.8) is 0 Å². The molecule has 0 amide bonds. The highest BCUT2D eigenvalue weighted by Crippen LogP contribution is 2.14. The first-order chi connectivity index (χ1) is 9.03. The Balaban J connectivity index is 2.24. The predicted octanol–water partition coefficient (Wildman–Crippen LogP) is 0.787. The monoisotopic (exact) mass is 295 g/mol. The van der Waals surface area contributed by atoms with E-state index in [0.717, 1.165) is 11.3 Å². The molecule has 0 aliphatic heterocycles. The summed E-state index contributed by atoms with van der Waals surface area (Å²) in [5.74, 6) is 0. The van der Waals surface area contributed by atoms with Crippen LogP contribution in [0.15, 0.2) is 39.3 Å². The lowest BCUT2D eigenvalue weighted by Crippen LogP contribution is -2.24. The molecular weight excluding hydrogens is 286 g/mol. The quantitative estimate of drug-likeness (QED) is 0.870. The topological polar surface area (TPSA) is 103 Å². The smallest absolute Gasteiger partial charge is 0.304 e. The van der Waals surface area contributed by atoms with Crippen LogP contribution in [0.3, 0.4) is 0 Å². The van der Waals surface area contributed by atoms with E-state index in [-0.39, 0.29) is 21.9 Å². The van der Waals surface area contributed by atoms with E-state index in [0.29, 0.717) is 5.69 Å². The number of hydrogen-bond donors (Lipinski definition) is 2. The molecule has 1 aromatic carbocycles. The van der Waals surface area contributed by atoms with Crippen molar-refractivity contribution < 1.29 is 8.42 Å². The highest BCUT2D eigenvalue weighted by Gasteiger charge is 2.17. The fraction of sp³-hybridized carbons (Fsp3) is 0.0909. The minimum atomic E-state index is -3.78. The second-order valence-corrected chi connectivity index (χ2v) is 6.18. The van der Waals surface area contributed by atoms with Crippen molar-refractivity contribution >= 4 is 21.4 Å². The number of hydrogen-bond acceptors (Lipinski definition) is 5. The number of rotatable bonds is 4. The second kappa shape index (κ2) is 5.36. The molecule has 0 fully saturated rings. The van der Waals surface area contributed by atoms with Gasteiger partial charge in [0.05, 0.1) is 17.0 Å². The van der Waals surface area contributed by atoms with Crippen LogP contribution in [0, 0.1) is 11.3 Å². The van der Waals surface area contributed by atoms with Crippen LogP contribution >= 0.6 is 11.3 Å². The Morgan fingerprint density at radius 3 is 2.74 bits per heavy atom. The summed E-state index contributed by atoms with van der Waals surface area (Å²) >= 11 is 0.960. The van der Waals surface area contributed by atoms with Crippen molar-refractivity contribution in [2.75, 3.05) is 0 Å². The van der Waals surface area contributed by atoms with Gasteiger partial charge in [-0.25, -0.2) is 13.1 Å². The first kappa shape index (κ1) is 13.5. The van der Waals surface area contributed by atoms with Gasteiger partial charge in [-0.15, -0.1) is 0 Å². The molecule has 0 atom stereocenters. The van der Waals surface area contributed by atoms with Gasteiger partial charge >= 0.3 is 4.87 Å². The average molecular weight is 295 g/mol. The van der Waals surface area contributed by atoms with Crippen molar-refractivity contribution in [2.24, 2.45) is 0 Å². The summed E-state index contributed by atoms with van der Waals surface area (Å²) in [7, 11) is -3.78. The standard InChI is InChI=1S/C11H9N3O3S2/c12-5-8-3-1-2-4-10(8)19(16,17)13-6-9-7-18-11(15)14-9/h1-4,7,13H,6H2,(H,14,15). The Hall–Kier alpha value is -1.95. The van der Waals surface area contributed by atoms with E-state index in [4.69, 9.17) is 5.26 Å². The predicted molar refractivity (Wildman–Crippen MR) is 70.1 cm³/mol. The summed E-state index contributed by atoms with van der Waals surface area (Å²) in [4.78, 5) is 13.1. The minimum absolute atomic E-state index is 0.0269. The Labute approximate surface area is 113 Å². The maximum atomic E-state index is 12.0. The normalized spacial score (nSPS) is 11.1. The summed E-state index contributed by atoms with van der Waals surface area (Å²) < 4.78 is 26.4. The zero-order valence-electron chi connectivity index (χ0n) is 9.58. The Morgan fingerprint density at radius 1 is 1.37 bits per heavy atom. The van der Waals surface area contributed by atoms with Gasteiger partial charge in [0.2, 0.25) is 10.0 Å². The molecule has 0 aliphatic carbocycles. The molecule has 0 saturated carbocycles. The molecule has 6 nitrogen and oxygen atoms in total. The molecule has 0 aliphatic rings. The van der Waals surface area contributed by atoms with Crippen LogP contribution in [0.2, 0.25) is 0 Å². The van der Waals surface area contributed by atoms with E-state index in [1.807, 2.05) is 6.07 Å². The summed E-state index contributed by atoms with van der Waals surface area (Å²) in [6, 6.07) is 7.75. The maximum absolute atomic E-state index is 12.0. The van der Waals surface area contributed by atoms with Crippen LogP contribution in [0.4, 0.5) is 0 Å². The van der Waals surface area contributed by atoms with Crippen LogP contribution in [-0.2, 0) is 16.6 Å². The molecule has 2 N–H and O–H groups in total. The van der Waals surface area contributed by atoms with Crippen LogP contribution in [0.25, 0.3) is 0 Å². The molecule has 2 rings (SSSR count). The number of thiazole rings is 1. The van der Waals surface area contributed by atoms with Crippen LogP contribution in [0.5, 0.6) is 0 Å². The number of aromatic amines is 1. The average Bonchev–Trinajstić information content (AvgIpc) is 2.82. The highest BCUT2D eigenvalue weighted by molar-refractivity contribution is 7.89. The van der Waals surface area contributed by atoms with Crippen molar-refractivity contribution in [3.8, 4) is 6.07 Å². The van der Waals surface area contributed by atoms with Gasteiger partial charge in [0.1, 0.15) is 6.07 Å². The van der Waals surface area contributed by atoms with E-state index in [1.165, 1.54) is 12.1 Å². The number of aromatic nitrogens is 1. The van der Waals surface area contributed by atoms with Gasteiger partial charge in [0.25, 0.3) is 0 Å². The van der Waals surface area contributed by atoms with E-state index >= 15 is 0 Å². The van der Waals surface area contributed by atoms with Gasteiger partial charge in [-0.2, -0.15) is 5.26 Å². The summed E-state index contributed by atoms with van der Waals surface area (Å²) in [6.45, 7) is -0.0269. The molecule has 1 aromatic heterocycles. The van der Waals surface area contributed by atoms with Crippen molar-refractivity contribution in [1.82, 2.24) is 9.71 Å². The van der Waals surface area contributed by atoms with E-state index in [1.54, 1.807) is 17.5 Å². The van der Waals surface area contributed by atoms with Crippen molar-refractivity contribution in [1.29, 1.82) is 5.26 Å². The van der Waals surface area contributed by atoms with Crippen LogP contribution < -0.4 is 9.60 Å². The Kier molecular flexibility index (Phi) is 3.80. The second-order valence-electron chi connectivity index (χ2n) is 3.61. The first-order valence-electron chi connectivity index (χ1n) is 5.18. The van der Waals surface area contributed by atoms with Crippen molar-refractivity contribution in [2.45, 2.75) is 11.4 Å². The Morgan fingerprint density at radius 2 is 2.11 bits per heavy atom. The summed E-state index contributed by atoms with van der Waals surface area (Å²) in [6.07, 6.45) is 0. The van der Waals surface area contributed by atoms with E-state index in [2.05, 4.69) is 9.71 Å². The number of H-pyrrole nitrogens is 1. The maximum Gasteiger partial charge on any atom is 0.304 e. The third-order valence-electron chi connectivity index (χ3n) is 2.32. The molecule has 2 aromatic rings. The SMILES string of the molecule is N#Cc1ccccc1S(=O)(=O)NCc1csc(=O)[nH]1. The first-order valence-corrected chi connectivity index (χ1v) is 7.55.